The molecular weight excluding hydrogens is 254 g/mol. The van der Waals surface area contributed by atoms with E-state index in [1.807, 2.05) is 7.05 Å². The lowest BCUT2D eigenvalue weighted by Gasteiger charge is -2.20. The number of thiazole rings is 1. The monoisotopic (exact) mass is 271 g/mol. The van der Waals surface area contributed by atoms with Gasteiger partial charge in [-0.2, -0.15) is 0 Å². The van der Waals surface area contributed by atoms with Crippen LogP contribution in [0, 0.1) is 0 Å². The van der Waals surface area contributed by atoms with E-state index in [2.05, 4.69) is 29.0 Å². The molecule has 0 aliphatic heterocycles. The Kier molecular flexibility index (Phi) is 5.24. The van der Waals surface area contributed by atoms with Crippen LogP contribution in [0.15, 0.2) is 5.38 Å². The molecule has 0 aliphatic carbocycles. The molecule has 0 radical (unpaired) electrons. The molecule has 0 spiro atoms. The molecule has 0 unspecified atom stereocenters. The first kappa shape index (κ1) is 14.6. The normalized spacial score (nSPS) is 10.9. The first-order valence-corrected chi connectivity index (χ1v) is 6.47. The lowest BCUT2D eigenvalue weighted by molar-refractivity contribution is 0.0691. The van der Waals surface area contributed by atoms with Crippen molar-refractivity contribution < 1.29 is 14.7 Å². The number of nitrogens with one attached hydrogen (secondary N) is 1. The quantitative estimate of drug-likeness (QED) is 0.803. The molecule has 0 aliphatic rings. The van der Waals surface area contributed by atoms with E-state index in [4.69, 9.17) is 5.11 Å². The van der Waals surface area contributed by atoms with E-state index in [1.54, 1.807) is 0 Å². The Morgan fingerprint density at radius 2 is 2.22 bits per heavy atom. The largest absolute Gasteiger partial charge is 0.476 e. The summed E-state index contributed by atoms with van der Waals surface area (Å²) in [4.78, 5) is 28.1. The first-order chi connectivity index (χ1) is 8.41. The van der Waals surface area contributed by atoms with Crippen LogP contribution in [-0.4, -0.2) is 53.0 Å². The van der Waals surface area contributed by atoms with Gasteiger partial charge in [-0.15, -0.1) is 11.3 Å². The second-order valence-electron chi connectivity index (χ2n) is 4.17. The van der Waals surface area contributed by atoms with Crippen molar-refractivity contribution in [3.05, 3.63) is 16.1 Å². The Morgan fingerprint density at radius 1 is 1.56 bits per heavy atom. The number of nitrogens with zero attached hydrogens (tertiary/aromatic N) is 2. The average Bonchev–Trinajstić information content (AvgIpc) is 2.77. The van der Waals surface area contributed by atoms with Gasteiger partial charge < -0.3 is 15.3 Å². The molecule has 1 amide bonds. The molecule has 0 saturated carbocycles. The van der Waals surface area contributed by atoms with E-state index < -0.39 is 5.97 Å². The minimum Gasteiger partial charge on any atom is -0.476 e. The number of hydrogen-bond acceptors (Lipinski definition) is 5. The van der Waals surface area contributed by atoms with Crippen LogP contribution in [0.25, 0.3) is 0 Å². The topological polar surface area (TPSA) is 82.5 Å². The molecule has 0 saturated heterocycles. The van der Waals surface area contributed by atoms with Crippen molar-refractivity contribution in [2.75, 3.05) is 20.1 Å². The Balaban J connectivity index is 2.43. The number of carboxylic acid groups (broad SMARTS) is 1. The summed E-state index contributed by atoms with van der Waals surface area (Å²) >= 11 is 1.03. The maximum absolute atomic E-state index is 11.7. The number of likely N-dealkylation sites (N-methyl/N-ethyl adjacent to an activating group) is 1. The number of rotatable bonds is 6. The average molecular weight is 271 g/mol. The molecule has 1 rings (SSSR count). The van der Waals surface area contributed by atoms with E-state index in [0.717, 1.165) is 17.9 Å². The molecule has 1 heterocycles. The minimum absolute atomic E-state index is 0.0931. The number of aromatic nitrogens is 1. The molecule has 100 valence electrons. The second-order valence-corrected chi connectivity index (χ2v) is 5.03. The maximum Gasteiger partial charge on any atom is 0.355 e. The van der Waals surface area contributed by atoms with Crippen LogP contribution in [-0.2, 0) is 0 Å². The van der Waals surface area contributed by atoms with Crippen LogP contribution in [0.4, 0.5) is 0 Å². The van der Waals surface area contributed by atoms with Crippen molar-refractivity contribution in [3.63, 3.8) is 0 Å². The fourth-order valence-corrected chi connectivity index (χ4v) is 1.86. The van der Waals surface area contributed by atoms with E-state index >= 15 is 0 Å². The fraction of sp³-hybridized carbons (Fsp3) is 0.545. The van der Waals surface area contributed by atoms with Gasteiger partial charge in [0.2, 0.25) is 0 Å². The van der Waals surface area contributed by atoms with Crippen LogP contribution in [0.3, 0.4) is 0 Å². The minimum atomic E-state index is -1.12. The molecule has 6 nitrogen and oxygen atoms in total. The second kappa shape index (κ2) is 6.46. The van der Waals surface area contributed by atoms with Crippen molar-refractivity contribution in [1.82, 2.24) is 15.2 Å². The number of hydrogen-bond donors (Lipinski definition) is 2. The SMILES string of the molecule is CC(C)N(C)CCNC(=O)c1nc(C(=O)O)cs1. The molecule has 18 heavy (non-hydrogen) atoms. The van der Waals surface area contributed by atoms with E-state index in [-0.39, 0.29) is 16.6 Å². The molecule has 2 N–H and O–H groups in total. The molecule has 0 fully saturated rings. The maximum atomic E-state index is 11.7. The Morgan fingerprint density at radius 3 is 2.72 bits per heavy atom. The lowest BCUT2D eigenvalue weighted by Crippen LogP contribution is -2.36. The Bertz CT molecular complexity index is 431. The molecule has 1 aromatic heterocycles. The van der Waals surface area contributed by atoms with E-state index in [9.17, 15) is 9.59 Å². The van der Waals surface area contributed by atoms with Crippen LogP contribution >= 0.6 is 11.3 Å². The number of carboxylic acids is 1. The Hall–Kier alpha value is -1.47. The third-order valence-electron chi connectivity index (χ3n) is 2.55. The molecule has 0 aromatic carbocycles. The summed E-state index contributed by atoms with van der Waals surface area (Å²) in [5.41, 5.74) is -0.0931. The van der Waals surface area contributed by atoms with Gasteiger partial charge >= 0.3 is 5.97 Å². The van der Waals surface area contributed by atoms with Gasteiger partial charge in [0.05, 0.1) is 0 Å². The highest BCUT2D eigenvalue weighted by atomic mass is 32.1. The van der Waals surface area contributed by atoms with Gasteiger partial charge in [-0.1, -0.05) is 0 Å². The van der Waals surface area contributed by atoms with Gasteiger partial charge in [0.15, 0.2) is 10.7 Å². The van der Waals surface area contributed by atoms with Crippen LogP contribution in [0.2, 0.25) is 0 Å². The molecular formula is C11H17N3O3S. The Labute approximate surface area is 110 Å². The third-order valence-corrected chi connectivity index (χ3v) is 3.39. The highest BCUT2D eigenvalue weighted by Crippen LogP contribution is 2.09. The third kappa shape index (κ3) is 4.08. The van der Waals surface area contributed by atoms with Crippen molar-refractivity contribution in [2.45, 2.75) is 19.9 Å². The van der Waals surface area contributed by atoms with Gasteiger partial charge in [-0.05, 0) is 20.9 Å². The van der Waals surface area contributed by atoms with Crippen molar-refractivity contribution >= 4 is 23.2 Å². The summed E-state index contributed by atoms with van der Waals surface area (Å²) in [5, 5.41) is 12.9. The molecule has 7 heteroatoms. The van der Waals surface area contributed by atoms with E-state index in [0.29, 0.717) is 12.6 Å². The van der Waals surface area contributed by atoms with Gasteiger partial charge in [-0.3, -0.25) is 4.79 Å². The van der Waals surface area contributed by atoms with Crippen LogP contribution in [0.1, 0.15) is 34.1 Å². The zero-order valence-electron chi connectivity index (χ0n) is 10.6. The predicted octanol–water partition coefficient (Wildman–Crippen LogP) is 0.911. The van der Waals surface area contributed by atoms with Gasteiger partial charge in [0.25, 0.3) is 5.91 Å². The van der Waals surface area contributed by atoms with Crippen LogP contribution < -0.4 is 5.32 Å². The first-order valence-electron chi connectivity index (χ1n) is 5.59. The highest BCUT2D eigenvalue weighted by Gasteiger charge is 2.14. The van der Waals surface area contributed by atoms with Gasteiger partial charge in [-0.25, -0.2) is 9.78 Å². The van der Waals surface area contributed by atoms with Crippen LogP contribution in [0.5, 0.6) is 0 Å². The van der Waals surface area contributed by atoms with Crippen molar-refractivity contribution in [3.8, 4) is 0 Å². The molecule has 1 aromatic rings. The zero-order valence-corrected chi connectivity index (χ0v) is 11.5. The number of amides is 1. The number of carbonyl (C=O) groups is 2. The standard InChI is InChI=1S/C11H17N3O3S/c1-7(2)14(3)5-4-12-9(15)10-13-8(6-18-10)11(16)17/h6-7H,4-5H2,1-3H3,(H,12,15)(H,16,17). The van der Waals surface area contributed by atoms with Crippen molar-refractivity contribution in [2.24, 2.45) is 0 Å². The summed E-state index contributed by atoms with van der Waals surface area (Å²) in [6.45, 7) is 5.39. The van der Waals surface area contributed by atoms with E-state index in [1.165, 1.54) is 5.38 Å². The summed E-state index contributed by atoms with van der Waals surface area (Å²) < 4.78 is 0. The zero-order chi connectivity index (χ0) is 13.7. The fourth-order valence-electron chi connectivity index (χ4n) is 1.16. The highest BCUT2D eigenvalue weighted by molar-refractivity contribution is 7.11. The van der Waals surface area contributed by atoms with Crippen molar-refractivity contribution in [1.29, 1.82) is 0 Å². The predicted molar refractivity (Wildman–Crippen MR) is 69.2 cm³/mol. The number of carbonyl (C=O) groups excluding carboxylic acids is 1. The number of aromatic carboxylic acids is 1. The molecule has 0 bridgehead atoms. The van der Waals surface area contributed by atoms with Gasteiger partial charge in [0.1, 0.15) is 0 Å². The summed E-state index contributed by atoms with van der Waals surface area (Å²) in [6.07, 6.45) is 0. The van der Waals surface area contributed by atoms with Gasteiger partial charge in [0, 0.05) is 24.5 Å². The summed E-state index contributed by atoms with van der Waals surface area (Å²) in [6, 6.07) is 0.417. The lowest BCUT2D eigenvalue weighted by atomic mass is 10.3. The molecule has 0 atom stereocenters. The summed E-state index contributed by atoms with van der Waals surface area (Å²) in [5.74, 6) is -1.45. The summed E-state index contributed by atoms with van der Waals surface area (Å²) in [7, 11) is 1.97. The smallest absolute Gasteiger partial charge is 0.355 e.